The maximum absolute atomic E-state index is 15.4. The van der Waals surface area contributed by atoms with Gasteiger partial charge in [0, 0.05) is 43.0 Å². The fourth-order valence-electron chi connectivity index (χ4n) is 6.29. The summed E-state index contributed by atoms with van der Waals surface area (Å²) in [5, 5.41) is 9.87. The lowest BCUT2D eigenvalue weighted by Crippen LogP contribution is -2.43. The van der Waals surface area contributed by atoms with Crippen LogP contribution in [0.2, 0.25) is 0 Å². The standard InChI is InChI=1S/C34H35F3N6O3.C2H6/c1-17-11-22(32(40)44)12-18(2)29(17)21-14-25(35)24(16-38)26(15-21)43-9-7-20(13-19(43)3)33(45)42-31(39)23-5-6-28(34(4,36)37)41-30(23)27-8-10-46-27;1-2/h5-6,11-12,14-15,19-20,27H,7-10,13H2,1-4H3,(H2,40,44)(H2,39,42,45);1-2H3. The molecular formula is C36H41F3N6O3. The predicted octanol–water partition coefficient (Wildman–Crippen LogP) is 6.61. The summed E-state index contributed by atoms with van der Waals surface area (Å²) in [6.45, 7) is 11.1. The number of benzene rings is 2. The fraction of sp³-hybridized carbons (Fsp3) is 0.417. The zero-order valence-corrected chi connectivity index (χ0v) is 28.0. The third-order valence-electron chi connectivity index (χ3n) is 8.71. The lowest BCUT2D eigenvalue weighted by atomic mass is 9.88. The van der Waals surface area contributed by atoms with Crippen molar-refractivity contribution in [2.75, 3.05) is 18.1 Å². The van der Waals surface area contributed by atoms with Gasteiger partial charge in [-0.1, -0.05) is 13.8 Å². The number of nitrogens with zero attached hydrogens (tertiary/aromatic N) is 4. The van der Waals surface area contributed by atoms with E-state index >= 15 is 4.39 Å². The Bertz CT molecular complexity index is 1770. The van der Waals surface area contributed by atoms with Gasteiger partial charge in [0.1, 0.15) is 35.1 Å². The quantitative estimate of drug-likeness (QED) is 0.214. The van der Waals surface area contributed by atoms with Crippen LogP contribution in [0.1, 0.15) is 97.1 Å². The molecule has 2 amide bonds. The number of anilines is 1. The lowest BCUT2D eigenvalue weighted by Gasteiger charge is -2.39. The van der Waals surface area contributed by atoms with Gasteiger partial charge >= 0.3 is 0 Å². The van der Waals surface area contributed by atoms with E-state index in [4.69, 9.17) is 16.2 Å². The van der Waals surface area contributed by atoms with Crippen molar-refractivity contribution >= 4 is 23.3 Å². The average molecular weight is 663 g/mol. The van der Waals surface area contributed by atoms with Crippen LogP contribution in [0, 0.1) is 36.9 Å². The number of carbonyl (C=O) groups excluding carboxylic acids is 2. The molecule has 3 atom stereocenters. The zero-order chi connectivity index (χ0) is 35.5. The molecule has 48 heavy (non-hydrogen) atoms. The molecule has 3 heterocycles. The summed E-state index contributed by atoms with van der Waals surface area (Å²) < 4.78 is 48.8. The molecule has 2 fully saturated rings. The van der Waals surface area contributed by atoms with Gasteiger partial charge in [0.25, 0.3) is 11.8 Å². The third kappa shape index (κ3) is 7.36. The number of hydrogen-bond acceptors (Lipinski definition) is 6. The lowest BCUT2D eigenvalue weighted by molar-refractivity contribution is -0.122. The summed E-state index contributed by atoms with van der Waals surface area (Å²) in [6, 6.07) is 10.6. The van der Waals surface area contributed by atoms with Crippen LogP contribution in [0.5, 0.6) is 0 Å². The largest absolute Gasteiger partial charge is 0.383 e. The molecule has 3 unspecified atom stereocenters. The monoisotopic (exact) mass is 662 g/mol. The van der Waals surface area contributed by atoms with Crippen molar-refractivity contribution in [3.05, 3.63) is 81.4 Å². The molecule has 12 heteroatoms. The first-order valence-electron chi connectivity index (χ1n) is 16.0. The van der Waals surface area contributed by atoms with Gasteiger partial charge in [0.15, 0.2) is 0 Å². The molecule has 0 radical (unpaired) electrons. The number of ether oxygens (including phenoxy) is 1. The third-order valence-corrected chi connectivity index (χ3v) is 8.71. The van der Waals surface area contributed by atoms with Crippen molar-refractivity contribution in [1.82, 2.24) is 4.98 Å². The second kappa shape index (κ2) is 14.6. The second-order valence-corrected chi connectivity index (χ2v) is 12.1. The molecule has 254 valence electrons. The van der Waals surface area contributed by atoms with E-state index in [1.807, 2.05) is 45.6 Å². The first-order valence-corrected chi connectivity index (χ1v) is 16.0. The molecule has 4 N–H and O–H groups in total. The van der Waals surface area contributed by atoms with E-state index in [9.17, 15) is 23.6 Å². The zero-order valence-electron chi connectivity index (χ0n) is 28.0. The van der Waals surface area contributed by atoms with Crippen LogP contribution < -0.4 is 16.4 Å². The van der Waals surface area contributed by atoms with Crippen molar-refractivity contribution in [3.63, 3.8) is 0 Å². The molecule has 0 bridgehead atoms. The number of amides is 2. The highest BCUT2D eigenvalue weighted by atomic mass is 19.3. The van der Waals surface area contributed by atoms with Crippen LogP contribution in [-0.2, 0) is 15.5 Å². The van der Waals surface area contributed by atoms with Crippen molar-refractivity contribution in [1.29, 1.82) is 5.26 Å². The number of primary amides is 1. The number of alkyl halides is 2. The Labute approximate surface area is 278 Å². The fourth-order valence-corrected chi connectivity index (χ4v) is 6.29. The van der Waals surface area contributed by atoms with Crippen LogP contribution in [0.4, 0.5) is 18.9 Å². The maximum atomic E-state index is 15.4. The van der Waals surface area contributed by atoms with Crippen molar-refractivity contribution in [3.8, 4) is 17.2 Å². The second-order valence-electron chi connectivity index (χ2n) is 12.1. The minimum Gasteiger partial charge on any atom is -0.383 e. The molecule has 0 spiro atoms. The average Bonchev–Trinajstić information content (AvgIpc) is 3.00. The number of nitrogens with two attached hydrogens (primary N) is 2. The van der Waals surface area contributed by atoms with E-state index in [2.05, 4.69) is 9.98 Å². The van der Waals surface area contributed by atoms with Gasteiger partial charge in [-0.3, -0.25) is 9.59 Å². The van der Waals surface area contributed by atoms with E-state index in [1.165, 1.54) is 18.2 Å². The number of amidine groups is 1. The number of hydrogen-bond donors (Lipinski definition) is 2. The first-order chi connectivity index (χ1) is 22.7. The molecular weight excluding hydrogens is 621 g/mol. The van der Waals surface area contributed by atoms with Gasteiger partial charge in [-0.15, -0.1) is 0 Å². The summed E-state index contributed by atoms with van der Waals surface area (Å²) >= 11 is 0. The Balaban J connectivity index is 0.00000255. The van der Waals surface area contributed by atoms with Gasteiger partial charge < -0.3 is 21.1 Å². The SMILES string of the molecule is CC.Cc1cc(C(N)=O)cc(C)c1-c1cc(F)c(C#N)c(N2CCC(C(=O)N=C(N)c3ccc(C(C)(F)F)nc3C3CCO3)CC2C)c1. The van der Waals surface area contributed by atoms with Gasteiger partial charge in [-0.25, -0.2) is 9.37 Å². The van der Waals surface area contributed by atoms with Crippen molar-refractivity contribution < 1.29 is 27.5 Å². The maximum Gasteiger partial charge on any atom is 0.286 e. The molecule has 3 aromatic rings. The summed E-state index contributed by atoms with van der Waals surface area (Å²) in [5.41, 5.74) is 15.2. The summed E-state index contributed by atoms with van der Waals surface area (Å²) in [7, 11) is 0. The summed E-state index contributed by atoms with van der Waals surface area (Å²) in [4.78, 5) is 35.2. The Morgan fingerprint density at radius 2 is 1.75 bits per heavy atom. The molecule has 5 rings (SSSR count). The molecule has 0 aliphatic carbocycles. The molecule has 2 aliphatic heterocycles. The van der Waals surface area contributed by atoms with Crippen molar-refractivity contribution in [2.45, 2.75) is 78.9 Å². The van der Waals surface area contributed by atoms with Crippen LogP contribution in [0.3, 0.4) is 0 Å². The normalized spacial score (nSPS) is 19.5. The number of carbonyl (C=O) groups is 2. The van der Waals surface area contributed by atoms with E-state index < -0.39 is 41.3 Å². The number of pyridine rings is 1. The molecule has 0 saturated carbocycles. The van der Waals surface area contributed by atoms with Crippen molar-refractivity contribution in [2.24, 2.45) is 22.4 Å². The van der Waals surface area contributed by atoms with Gasteiger partial charge in [-0.05, 0) is 92.3 Å². The van der Waals surface area contributed by atoms with Gasteiger partial charge in [0.2, 0.25) is 5.91 Å². The Morgan fingerprint density at radius 1 is 1.10 bits per heavy atom. The van der Waals surface area contributed by atoms with Crippen LogP contribution in [0.25, 0.3) is 11.1 Å². The Kier molecular flexibility index (Phi) is 10.9. The number of aliphatic imine (C=N–C) groups is 1. The Hall–Kier alpha value is -4.76. The molecule has 2 saturated heterocycles. The minimum absolute atomic E-state index is 0.106. The van der Waals surface area contributed by atoms with Gasteiger partial charge in [-0.2, -0.15) is 19.0 Å². The number of nitriles is 1. The Morgan fingerprint density at radius 3 is 2.27 bits per heavy atom. The number of rotatable bonds is 7. The van der Waals surface area contributed by atoms with E-state index in [0.717, 1.165) is 23.6 Å². The van der Waals surface area contributed by atoms with E-state index in [0.29, 0.717) is 49.2 Å². The minimum atomic E-state index is -3.16. The number of aryl methyl sites for hydroxylation is 2. The molecule has 2 aromatic carbocycles. The van der Waals surface area contributed by atoms with E-state index in [-0.39, 0.29) is 28.7 Å². The number of aromatic nitrogens is 1. The van der Waals surface area contributed by atoms with E-state index in [1.54, 1.807) is 18.2 Å². The number of halogens is 3. The van der Waals surface area contributed by atoms with Gasteiger partial charge in [0.05, 0.1) is 18.0 Å². The number of piperidine rings is 1. The highest BCUT2D eigenvalue weighted by Crippen LogP contribution is 2.38. The summed E-state index contributed by atoms with van der Waals surface area (Å²) in [6.07, 6.45) is 0.791. The van der Waals surface area contributed by atoms with Crippen LogP contribution in [0.15, 0.2) is 41.4 Å². The molecule has 1 aromatic heterocycles. The highest BCUT2D eigenvalue weighted by molar-refractivity contribution is 6.05. The molecule has 2 aliphatic rings. The highest BCUT2D eigenvalue weighted by Gasteiger charge is 2.34. The topological polar surface area (TPSA) is 148 Å². The van der Waals surface area contributed by atoms with Crippen LogP contribution in [-0.4, -0.2) is 41.8 Å². The molecule has 9 nitrogen and oxygen atoms in total. The first kappa shape index (κ1) is 36.1. The summed E-state index contributed by atoms with van der Waals surface area (Å²) in [5.74, 6) is -5.50. The predicted molar refractivity (Wildman–Crippen MR) is 178 cm³/mol. The van der Waals surface area contributed by atoms with Crippen LogP contribution >= 0.6 is 0 Å². The smallest absolute Gasteiger partial charge is 0.286 e.